The minimum absolute atomic E-state index is 0.0911. The van der Waals surface area contributed by atoms with Crippen LogP contribution in [0.2, 0.25) is 0 Å². The lowest BCUT2D eigenvalue weighted by molar-refractivity contribution is 0.180. The van der Waals surface area contributed by atoms with E-state index in [1.165, 1.54) is 6.07 Å². The van der Waals surface area contributed by atoms with Crippen LogP contribution in [0.15, 0.2) is 18.2 Å². The highest BCUT2D eigenvalue weighted by Gasteiger charge is 2.29. The SMILES string of the molecule is CCCC(C)(N)CC1Cc2cc(F)ccc2O1. The van der Waals surface area contributed by atoms with Crippen molar-refractivity contribution < 1.29 is 9.13 Å². The molecule has 1 aromatic carbocycles. The molecule has 0 fully saturated rings. The third-order valence-electron chi connectivity index (χ3n) is 3.28. The minimum Gasteiger partial charge on any atom is -0.490 e. The zero-order chi connectivity index (χ0) is 12.5. The normalized spacial score (nSPS) is 21.8. The lowest BCUT2D eigenvalue weighted by Crippen LogP contribution is -2.40. The van der Waals surface area contributed by atoms with Crippen LogP contribution < -0.4 is 10.5 Å². The van der Waals surface area contributed by atoms with E-state index in [2.05, 4.69) is 13.8 Å². The largest absolute Gasteiger partial charge is 0.490 e. The Labute approximate surface area is 102 Å². The Balaban J connectivity index is 2.01. The Hall–Kier alpha value is -1.09. The standard InChI is InChI=1S/C14H20FNO/c1-3-6-14(2,16)9-12-8-10-7-11(15)4-5-13(10)17-12/h4-5,7,12H,3,6,8-9,16H2,1-2H3. The van der Waals surface area contributed by atoms with Crippen LogP contribution in [0, 0.1) is 5.82 Å². The number of halogens is 1. The summed E-state index contributed by atoms with van der Waals surface area (Å²) < 4.78 is 18.9. The Kier molecular flexibility index (Phi) is 3.38. The first-order valence-electron chi connectivity index (χ1n) is 6.24. The van der Waals surface area contributed by atoms with Crippen LogP contribution in [-0.2, 0) is 6.42 Å². The Morgan fingerprint density at radius 1 is 1.53 bits per heavy atom. The van der Waals surface area contributed by atoms with Crippen LogP contribution in [0.5, 0.6) is 5.75 Å². The molecule has 0 bridgehead atoms. The van der Waals surface area contributed by atoms with E-state index < -0.39 is 0 Å². The molecular weight excluding hydrogens is 217 g/mol. The maximum Gasteiger partial charge on any atom is 0.123 e. The average molecular weight is 237 g/mol. The van der Waals surface area contributed by atoms with Gasteiger partial charge < -0.3 is 10.5 Å². The lowest BCUT2D eigenvalue weighted by Gasteiger charge is -2.27. The molecule has 2 rings (SSSR count). The number of benzene rings is 1. The van der Waals surface area contributed by atoms with Crippen molar-refractivity contribution in [1.29, 1.82) is 0 Å². The molecule has 1 aliphatic rings. The molecule has 1 aliphatic heterocycles. The van der Waals surface area contributed by atoms with Crippen LogP contribution in [0.3, 0.4) is 0 Å². The first-order valence-corrected chi connectivity index (χ1v) is 6.24. The Morgan fingerprint density at radius 2 is 2.29 bits per heavy atom. The molecule has 1 heterocycles. The van der Waals surface area contributed by atoms with Crippen molar-refractivity contribution in [2.24, 2.45) is 5.73 Å². The summed E-state index contributed by atoms with van der Waals surface area (Å²) in [4.78, 5) is 0. The molecule has 17 heavy (non-hydrogen) atoms. The predicted molar refractivity (Wildman–Crippen MR) is 66.6 cm³/mol. The molecule has 2 atom stereocenters. The van der Waals surface area contributed by atoms with E-state index >= 15 is 0 Å². The van der Waals surface area contributed by atoms with Crippen molar-refractivity contribution in [3.8, 4) is 5.75 Å². The van der Waals surface area contributed by atoms with E-state index in [9.17, 15) is 4.39 Å². The van der Waals surface area contributed by atoms with Gasteiger partial charge in [-0.1, -0.05) is 13.3 Å². The van der Waals surface area contributed by atoms with E-state index in [1.807, 2.05) is 0 Å². The van der Waals surface area contributed by atoms with Crippen LogP contribution in [0.4, 0.5) is 4.39 Å². The average Bonchev–Trinajstić information content (AvgIpc) is 2.57. The summed E-state index contributed by atoms with van der Waals surface area (Å²) in [6.07, 6.45) is 3.73. The maximum absolute atomic E-state index is 13.1. The van der Waals surface area contributed by atoms with Crippen molar-refractivity contribution in [1.82, 2.24) is 0 Å². The van der Waals surface area contributed by atoms with Gasteiger partial charge in [0.1, 0.15) is 17.7 Å². The summed E-state index contributed by atoms with van der Waals surface area (Å²) in [6.45, 7) is 4.19. The van der Waals surface area contributed by atoms with E-state index in [-0.39, 0.29) is 17.5 Å². The van der Waals surface area contributed by atoms with E-state index in [4.69, 9.17) is 10.5 Å². The van der Waals surface area contributed by atoms with Gasteiger partial charge in [-0.05, 0) is 31.5 Å². The molecule has 3 heteroatoms. The van der Waals surface area contributed by atoms with Gasteiger partial charge in [-0.15, -0.1) is 0 Å². The molecule has 94 valence electrons. The highest BCUT2D eigenvalue weighted by molar-refractivity contribution is 5.37. The molecule has 2 nitrogen and oxygen atoms in total. The molecule has 0 saturated carbocycles. The van der Waals surface area contributed by atoms with E-state index in [1.54, 1.807) is 12.1 Å². The molecule has 0 spiro atoms. The van der Waals surface area contributed by atoms with Gasteiger partial charge >= 0.3 is 0 Å². The molecule has 2 N–H and O–H groups in total. The molecule has 0 amide bonds. The Morgan fingerprint density at radius 3 is 3.00 bits per heavy atom. The fourth-order valence-corrected chi connectivity index (χ4v) is 2.60. The van der Waals surface area contributed by atoms with Gasteiger partial charge in [0.05, 0.1) is 0 Å². The highest BCUT2D eigenvalue weighted by atomic mass is 19.1. The molecular formula is C14H20FNO. The number of hydrogen-bond donors (Lipinski definition) is 1. The fraction of sp³-hybridized carbons (Fsp3) is 0.571. The van der Waals surface area contributed by atoms with Crippen LogP contribution in [-0.4, -0.2) is 11.6 Å². The number of ether oxygens (including phenoxy) is 1. The second kappa shape index (κ2) is 4.65. The molecule has 0 radical (unpaired) electrons. The van der Waals surface area contributed by atoms with E-state index in [0.29, 0.717) is 0 Å². The second-order valence-electron chi connectivity index (χ2n) is 5.30. The third-order valence-corrected chi connectivity index (χ3v) is 3.28. The fourth-order valence-electron chi connectivity index (χ4n) is 2.60. The zero-order valence-corrected chi connectivity index (χ0v) is 10.5. The predicted octanol–water partition coefficient (Wildman–Crippen LogP) is 3.04. The van der Waals surface area contributed by atoms with Gasteiger partial charge in [0.15, 0.2) is 0 Å². The third kappa shape index (κ3) is 2.97. The summed E-state index contributed by atoms with van der Waals surface area (Å²) in [5, 5.41) is 0. The van der Waals surface area contributed by atoms with Crippen LogP contribution in [0.1, 0.15) is 38.7 Å². The second-order valence-corrected chi connectivity index (χ2v) is 5.30. The first-order chi connectivity index (χ1) is 8.00. The smallest absolute Gasteiger partial charge is 0.123 e. The number of rotatable bonds is 4. The van der Waals surface area contributed by atoms with Gasteiger partial charge in [-0.3, -0.25) is 0 Å². The van der Waals surface area contributed by atoms with Crippen molar-refractivity contribution in [2.75, 3.05) is 0 Å². The van der Waals surface area contributed by atoms with Gasteiger partial charge in [-0.25, -0.2) is 4.39 Å². The quantitative estimate of drug-likeness (QED) is 0.873. The topological polar surface area (TPSA) is 35.2 Å². The first kappa shape index (κ1) is 12.4. The molecule has 0 aliphatic carbocycles. The maximum atomic E-state index is 13.1. The van der Waals surface area contributed by atoms with Crippen LogP contribution in [0.25, 0.3) is 0 Å². The molecule has 2 unspecified atom stereocenters. The zero-order valence-electron chi connectivity index (χ0n) is 10.5. The summed E-state index contributed by atoms with van der Waals surface area (Å²) in [5.41, 5.74) is 6.98. The van der Waals surface area contributed by atoms with Crippen LogP contribution >= 0.6 is 0 Å². The lowest BCUT2D eigenvalue weighted by atomic mass is 9.89. The molecule has 1 aromatic rings. The monoisotopic (exact) mass is 237 g/mol. The minimum atomic E-state index is -0.197. The number of fused-ring (bicyclic) bond motifs is 1. The molecule has 0 saturated heterocycles. The summed E-state index contributed by atoms with van der Waals surface area (Å²) in [7, 11) is 0. The van der Waals surface area contributed by atoms with E-state index in [0.717, 1.165) is 37.0 Å². The van der Waals surface area contributed by atoms with Crippen molar-refractivity contribution in [3.05, 3.63) is 29.6 Å². The van der Waals surface area contributed by atoms with Gasteiger partial charge in [0.2, 0.25) is 0 Å². The summed E-state index contributed by atoms with van der Waals surface area (Å²) in [6, 6.07) is 4.70. The number of hydrogen-bond acceptors (Lipinski definition) is 2. The van der Waals surface area contributed by atoms with Crippen molar-refractivity contribution >= 4 is 0 Å². The number of nitrogens with two attached hydrogens (primary N) is 1. The van der Waals surface area contributed by atoms with Crippen molar-refractivity contribution in [3.63, 3.8) is 0 Å². The van der Waals surface area contributed by atoms with Gasteiger partial charge in [-0.2, -0.15) is 0 Å². The Bertz CT molecular complexity index is 403. The van der Waals surface area contributed by atoms with Crippen molar-refractivity contribution in [2.45, 2.75) is 51.2 Å². The highest BCUT2D eigenvalue weighted by Crippen LogP contribution is 2.32. The van der Waals surface area contributed by atoms with Gasteiger partial charge in [0.25, 0.3) is 0 Å². The summed E-state index contributed by atoms with van der Waals surface area (Å²) in [5.74, 6) is 0.612. The summed E-state index contributed by atoms with van der Waals surface area (Å²) >= 11 is 0. The van der Waals surface area contributed by atoms with Gasteiger partial charge in [0, 0.05) is 23.9 Å². The molecule has 0 aromatic heterocycles.